The maximum absolute atomic E-state index is 12.4. The van der Waals surface area contributed by atoms with Crippen LogP contribution in [0.1, 0.15) is 117 Å². The second-order valence-corrected chi connectivity index (χ2v) is 7.81. The Bertz CT molecular complexity index is 336. The Balaban J connectivity index is 4.04. The van der Waals surface area contributed by atoms with E-state index in [0.29, 0.717) is 19.5 Å². The fraction of sp³-hybridized carbons (Fsp3) is 0.913. The lowest BCUT2D eigenvalue weighted by Gasteiger charge is -2.16. The Labute approximate surface area is 168 Å². The van der Waals surface area contributed by atoms with Gasteiger partial charge in [-0.05, 0) is 19.3 Å². The fourth-order valence-corrected chi connectivity index (χ4v) is 3.24. The Kier molecular flexibility index (Phi) is 18.9. The van der Waals surface area contributed by atoms with Crippen molar-refractivity contribution in [2.45, 2.75) is 117 Å². The smallest absolute Gasteiger partial charge is 0.232 e. The van der Waals surface area contributed by atoms with Crippen LogP contribution in [0.3, 0.4) is 0 Å². The molecule has 0 spiro atoms. The number of hydrogen-bond donors (Lipinski definition) is 2. The summed E-state index contributed by atoms with van der Waals surface area (Å²) in [5, 5.41) is 5.88. The molecule has 0 aromatic heterocycles. The largest absolute Gasteiger partial charge is 0.355 e. The second kappa shape index (κ2) is 19.7. The molecule has 27 heavy (non-hydrogen) atoms. The molecule has 2 amide bonds. The third-order valence-electron chi connectivity index (χ3n) is 5.14. The summed E-state index contributed by atoms with van der Waals surface area (Å²) in [6.07, 6.45) is 17.4. The summed E-state index contributed by atoms with van der Waals surface area (Å²) in [5.74, 6) is -0.700. The number of nitrogens with one attached hydrogen (secondary N) is 2. The quantitative estimate of drug-likeness (QED) is 0.221. The summed E-state index contributed by atoms with van der Waals surface area (Å²) < 4.78 is 0. The molecule has 0 aromatic carbocycles. The summed E-state index contributed by atoms with van der Waals surface area (Å²) in [5.41, 5.74) is 0. The molecule has 0 radical (unpaired) electrons. The van der Waals surface area contributed by atoms with E-state index in [9.17, 15) is 9.59 Å². The molecular formula is C23H46N2O2. The van der Waals surface area contributed by atoms with Gasteiger partial charge in [0, 0.05) is 13.1 Å². The summed E-state index contributed by atoms with van der Waals surface area (Å²) in [6.45, 7) is 7.80. The average molecular weight is 383 g/mol. The highest BCUT2D eigenvalue weighted by atomic mass is 16.2. The number of rotatable bonds is 19. The summed E-state index contributed by atoms with van der Waals surface area (Å²) in [6, 6.07) is 0. The highest BCUT2D eigenvalue weighted by molar-refractivity contribution is 6.00. The topological polar surface area (TPSA) is 58.2 Å². The van der Waals surface area contributed by atoms with E-state index in [2.05, 4.69) is 31.4 Å². The third kappa shape index (κ3) is 15.7. The van der Waals surface area contributed by atoms with Gasteiger partial charge in [-0.25, -0.2) is 0 Å². The van der Waals surface area contributed by atoms with Gasteiger partial charge in [0.25, 0.3) is 0 Å². The lowest BCUT2D eigenvalue weighted by atomic mass is 9.98. The maximum Gasteiger partial charge on any atom is 0.232 e. The van der Waals surface area contributed by atoms with Crippen LogP contribution in [0.15, 0.2) is 0 Å². The highest BCUT2D eigenvalue weighted by Gasteiger charge is 2.25. The zero-order chi connectivity index (χ0) is 20.2. The molecule has 4 heteroatoms. The maximum atomic E-state index is 12.4. The normalized spacial score (nSPS) is 11.0. The summed E-state index contributed by atoms with van der Waals surface area (Å²) >= 11 is 0. The molecule has 0 bridgehead atoms. The van der Waals surface area contributed by atoms with Crippen molar-refractivity contribution in [2.75, 3.05) is 13.1 Å². The van der Waals surface area contributed by atoms with Gasteiger partial charge in [-0.15, -0.1) is 0 Å². The van der Waals surface area contributed by atoms with Gasteiger partial charge in [0.2, 0.25) is 11.8 Å². The van der Waals surface area contributed by atoms with Crippen LogP contribution in [0.4, 0.5) is 0 Å². The van der Waals surface area contributed by atoms with E-state index in [1.807, 2.05) is 0 Å². The van der Waals surface area contributed by atoms with Crippen LogP contribution in [0.5, 0.6) is 0 Å². The van der Waals surface area contributed by atoms with Gasteiger partial charge >= 0.3 is 0 Å². The van der Waals surface area contributed by atoms with E-state index in [4.69, 9.17) is 0 Å². The summed E-state index contributed by atoms with van der Waals surface area (Å²) in [4.78, 5) is 24.8. The van der Waals surface area contributed by atoms with Crippen LogP contribution in [0, 0.1) is 5.92 Å². The monoisotopic (exact) mass is 382 g/mol. The average Bonchev–Trinajstić information content (AvgIpc) is 2.66. The number of unbranched alkanes of at least 4 members (excludes halogenated alkanes) is 11. The zero-order valence-electron chi connectivity index (χ0n) is 18.4. The predicted molar refractivity (Wildman–Crippen MR) is 116 cm³/mol. The molecule has 0 atom stereocenters. The van der Waals surface area contributed by atoms with Crippen molar-refractivity contribution in [3.05, 3.63) is 0 Å². The van der Waals surface area contributed by atoms with E-state index in [1.54, 1.807) is 0 Å². The van der Waals surface area contributed by atoms with Gasteiger partial charge in [0.15, 0.2) is 0 Å². The molecule has 0 aliphatic carbocycles. The summed E-state index contributed by atoms with van der Waals surface area (Å²) in [7, 11) is 0. The van der Waals surface area contributed by atoms with Gasteiger partial charge in [0.05, 0.1) is 0 Å². The van der Waals surface area contributed by atoms with Crippen LogP contribution in [-0.2, 0) is 9.59 Å². The SMILES string of the molecule is CCCCCCCCCCCCC(C(=O)NCCCC)C(=O)NCCCC. The van der Waals surface area contributed by atoms with E-state index >= 15 is 0 Å². The lowest BCUT2D eigenvalue weighted by Crippen LogP contribution is -2.42. The van der Waals surface area contributed by atoms with E-state index in [0.717, 1.165) is 38.5 Å². The van der Waals surface area contributed by atoms with Crippen LogP contribution >= 0.6 is 0 Å². The first-order valence-electron chi connectivity index (χ1n) is 11.7. The van der Waals surface area contributed by atoms with Crippen molar-refractivity contribution in [3.63, 3.8) is 0 Å². The Morgan fingerprint density at radius 3 is 1.33 bits per heavy atom. The molecule has 2 N–H and O–H groups in total. The van der Waals surface area contributed by atoms with Gasteiger partial charge < -0.3 is 10.6 Å². The van der Waals surface area contributed by atoms with Crippen molar-refractivity contribution in [2.24, 2.45) is 5.92 Å². The van der Waals surface area contributed by atoms with E-state index in [1.165, 1.54) is 51.4 Å². The molecule has 4 nitrogen and oxygen atoms in total. The molecule has 0 aliphatic rings. The molecule has 0 heterocycles. The molecule has 0 rings (SSSR count). The second-order valence-electron chi connectivity index (χ2n) is 7.81. The van der Waals surface area contributed by atoms with Crippen molar-refractivity contribution < 1.29 is 9.59 Å². The van der Waals surface area contributed by atoms with Gasteiger partial charge in [0.1, 0.15) is 5.92 Å². The lowest BCUT2D eigenvalue weighted by molar-refractivity contribution is -0.135. The van der Waals surface area contributed by atoms with Crippen LogP contribution in [0.2, 0.25) is 0 Å². The Hall–Kier alpha value is -1.06. The predicted octanol–water partition coefficient (Wildman–Crippen LogP) is 5.75. The number of carbonyl (C=O) groups excluding carboxylic acids is 2. The van der Waals surface area contributed by atoms with E-state index < -0.39 is 5.92 Å². The van der Waals surface area contributed by atoms with Crippen LogP contribution in [-0.4, -0.2) is 24.9 Å². The molecule has 0 saturated carbocycles. The number of carbonyl (C=O) groups is 2. The molecular weight excluding hydrogens is 336 g/mol. The van der Waals surface area contributed by atoms with Gasteiger partial charge in [-0.1, -0.05) is 97.8 Å². The van der Waals surface area contributed by atoms with Crippen molar-refractivity contribution in [1.82, 2.24) is 10.6 Å². The first kappa shape index (κ1) is 25.9. The number of hydrogen-bond acceptors (Lipinski definition) is 2. The first-order valence-corrected chi connectivity index (χ1v) is 11.7. The van der Waals surface area contributed by atoms with Gasteiger partial charge in [-0.3, -0.25) is 9.59 Å². The van der Waals surface area contributed by atoms with Gasteiger partial charge in [-0.2, -0.15) is 0 Å². The molecule has 0 saturated heterocycles. The highest BCUT2D eigenvalue weighted by Crippen LogP contribution is 2.15. The van der Waals surface area contributed by atoms with Crippen molar-refractivity contribution >= 4 is 11.8 Å². The first-order chi connectivity index (χ1) is 13.2. The molecule has 0 fully saturated rings. The third-order valence-corrected chi connectivity index (χ3v) is 5.14. The molecule has 160 valence electrons. The Morgan fingerprint density at radius 1 is 0.556 bits per heavy atom. The minimum absolute atomic E-state index is 0.0895. The van der Waals surface area contributed by atoms with Crippen LogP contribution < -0.4 is 10.6 Å². The van der Waals surface area contributed by atoms with Crippen LogP contribution in [0.25, 0.3) is 0 Å². The molecule has 0 aliphatic heterocycles. The van der Waals surface area contributed by atoms with E-state index in [-0.39, 0.29) is 11.8 Å². The molecule has 0 unspecified atom stereocenters. The fourth-order valence-electron chi connectivity index (χ4n) is 3.24. The van der Waals surface area contributed by atoms with Crippen molar-refractivity contribution in [1.29, 1.82) is 0 Å². The standard InChI is InChI=1S/C23H46N2O2/c1-4-7-10-11-12-13-14-15-16-17-18-21(22(26)24-19-8-5-2)23(27)25-20-9-6-3/h21H,4-20H2,1-3H3,(H,24,26)(H,25,27). The van der Waals surface area contributed by atoms with Crippen molar-refractivity contribution in [3.8, 4) is 0 Å². The minimum atomic E-state index is -0.521. The molecule has 0 aromatic rings. The number of amides is 2. The Morgan fingerprint density at radius 2 is 0.926 bits per heavy atom. The zero-order valence-corrected chi connectivity index (χ0v) is 18.4. The minimum Gasteiger partial charge on any atom is -0.355 e.